The molecule has 1 rings (SSSR count). The van der Waals surface area contributed by atoms with Gasteiger partial charge in [0.25, 0.3) is 0 Å². The third-order valence-corrected chi connectivity index (χ3v) is 1.31. The quantitative estimate of drug-likeness (QED) is 0.689. The van der Waals surface area contributed by atoms with E-state index in [0.29, 0.717) is 0 Å². The van der Waals surface area contributed by atoms with Crippen LogP contribution in [0.1, 0.15) is 11.1 Å². The van der Waals surface area contributed by atoms with Crippen LogP contribution in [-0.2, 0) is 0 Å². The largest absolute Gasteiger partial charge is 0.392 e. The molecule has 11 heavy (non-hydrogen) atoms. The van der Waals surface area contributed by atoms with Crippen molar-refractivity contribution in [1.29, 1.82) is 0 Å². The highest BCUT2D eigenvalue weighted by Gasteiger charge is 1.86. The number of pyridine rings is 1. The Morgan fingerprint density at radius 2 is 2.36 bits per heavy atom. The number of nitrogens with zero attached hydrogens (tertiary/aromatic N) is 1. The van der Waals surface area contributed by atoms with E-state index in [1.54, 1.807) is 18.5 Å². The van der Waals surface area contributed by atoms with Crippen molar-refractivity contribution in [3.05, 3.63) is 35.7 Å². The number of aliphatic hydroxyl groups excluding tert-OH is 1. The molecule has 0 unspecified atom stereocenters. The molecule has 0 saturated carbocycles. The number of hydrogen-bond acceptors (Lipinski definition) is 2. The normalized spacial score (nSPS) is 10.7. The van der Waals surface area contributed by atoms with E-state index in [-0.39, 0.29) is 6.61 Å². The minimum Gasteiger partial charge on any atom is -0.392 e. The van der Waals surface area contributed by atoms with Gasteiger partial charge >= 0.3 is 0 Å². The van der Waals surface area contributed by atoms with Crippen LogP contribution in [0.5, 0.6) is 0 Å². The third kappa shape index (κ3) is 2.51. The van der Waals surface area contributed by atoms with Crippen LogP contribution in [0.2, 0.25) is 0 Å². The molecule has 0 atom stereocenters. The number of aliphatic hydroxyl groups is 1. The van der Waals surface area contributed by atoms with Crippen molar-refractivity contribution in [1.82, 2.24) is 4.98 Å². The van der Waals surface area contributed by atoms with E-state index in [4.69, 9.17) is 5.11 Å². The molecule has 58 valence electrons. The van der Waals surface area contributed by atoms with E-state index in [0.717, 1.165) is 11.1 Å². The maximum absolute atomic E-state index is 8.49. The second kappa shape index (κ2) is 3.88. The molecule has 1 aromatic heterocycles. The van der Waals surface area contributed by atoms with E-state index < -0.39 is 0 Å². The van der Waals surface area contributed by atoms with Crippen LogP contribution in [0.3, 0.4) is 0 Å². The fraction of sp³-hybridized carbons (Fsp3) is 0.222. The van der Waals surface area contributed by atoms with Gasteiger partial charge in [-0.15, -0.1) is 0 Å². The van der Waals surface area contributed by atoms with Crippen molar-refractivity contribution in [3.8, 4) is 0 Å². The van der Waals surface area contributed by atoms with Gasteiger partial charge in [-0.05, 0) is 24.1 Å². The summed E-state index contributed by atoms with van der Waals surface area (Å²) in [6, 6.07) is 2.01. The van der Waals surface area contributed by atoms with Crippen LogP contribution >= 0.6 is 0 Å². The van der Waals surface area contributed by atoms with Gasteiger partial charge in [-0.1, -0.05) is 12.2 Å². The van der Waals surface area contributed by atoms with Crippen LogP contribution in [0.4, 0.5) is 0 Å². The van der Waals surface area contributed by atoms with Gasteiger partial charge in [-0.2, -0.15) is 0 Å². The Kier molecular flexibility index (Phi) is 2.81. The molecular formula is C9H11NO. The average Bonchev–Trinajstić information content (AvgIpc) is 2.01. The van der Waals surface area contributed by atoms with Gasteiger partial charge in [0.05, 0.1) is 6.61 Å². The molecule has 0 saturated heterocycles. The van der Waals surface area contributed by atoms with Gasteiger partial charge < -0.3 is 5.11 Å². The molecule has 0 aliphatic heterocycles. The van der Waals surface area contributed by atoms with Crippen LogP contribution in [0.25, 0.3) is 6.08 Å². The zero-order valence-corrected chi connectivity index (χ0v) is 6.49. The Morgan fingerprint density at radius 3 is 3.00 bits per heavy atom. The van der Waals surface area contributed by atoms with Gasteiger partial charge in [0.2, 0.25) is 0 Å². The first kappa shape index (κ1) is 7.95. The van der Waals surface area contributed by atoms with Gasteiger partial charge in [0.1, 0.15) is 0 Å². The first-order valence-electron chi connectivity index (χ1n) is 3.52. The van der Waals surface area contributed by atoms with Gasteiger partial charge in [-0.25, -0.2) is 0 Å². The Hall–Kier alpha value is -1.15. The fourth-order valence-corrected chi connectivity index (χ4v) is 0.858. The number of aromatic nitrogens is 1. The van der Waals surface area contributed by atoms with Gasteiger partial charge in [0, 0.05) is 12.4 Å². The minimum absolute atomic E-state index is 0.0773. The summed E-state index contributed by atoms with van der Waals surface area (Å²) < 4.78 is 0. The van der Waals surface area contributed by atoms with Crippen LogP contribution < -0.4 is 0 Å². The lowest BCUT2D eigenvalue weighted by atomic mass is 10.2. The molecule has 2 nitrogen and oxygen atoms in total. The summed E-state index contributed by atoms with van der Waals surface area (Å²) in [6.07, 6.45) is 7.10. The van der Waals surface area contributed by atoms with E-state index in [1.807, 2.05) is 19.1 Å². The Balaban J connectivity index is 2.79. The van der Waals surface area contributed by atoms with E-state index in [1.165, 1.54) is 0 Å². The average molecular weight is 149 g/mol. The summed E-state index contributed by atoms with van der Waals surface area (Å²) in [6.45, 7) is 2.07. The van der Waals surface area contributed by atoms with Crippen molar-refractivity contribution in [2.24, 2.45) is 0 Å². The van der Waals surface area contributed by atoms with Crippen LogP contribution in [0.15, 0.2) is 24.5 Å². The molecule has 1 heterocycles. The summed E-state index contributed by atoms with van der Waals surface area (Å²) in [4.78, 5) is 4.00. The smallest absolute Gasteiger partial charge is 0.0615 e. The van der Waals surface area contributed by atoms with E-state index in [2.05, 4.69) is 4.98 Å². The number of rotatable bonds is 2. The first-order valence-corrected chi connectivity index (χ1v) is 3.52. The topological polar surface area (TPSA) is 33.1 Å². The predicted molar refractivity (Wildman–Crippen MR) is 45.1 cm³/mol. The molecule has 0 bridgehead atoms. The Morgan fingerprint density at radius 1 is 1.55 bits per heavy atom. The minimum atomic E-state index is 0.0773. The Bertz CT molecular complexity index is 255. The highest BCUT2D eigenvalue weighted by molar-refractivity contribution is 5.48. The molecule has 0 spiro atoms. The van der Waals surface area contributed by atoms with Crippen molar-refractivity contribution in [2.45, 2.75) is 6.92 Å². The fourth-order valence-electron chi connectivity index (χ4n) is 0.858. The standard InChI is InChI=1S/C9H11NO/c1-8-5-9(3-2-4-11)7-10-6-8/h2-3,5-7,11H,4H2,1H3. The number of aryl methyl sites for hydroxylation is 1. The lowest BCUT2D eigenvalue weighted by Gasteiger charge is -1.93. The maximum atomic E-state index is 8.49. The molecule has 0 radical (unpaired) electrons. The second-order valence-electron chi connectivity index (χ2n) is 2.38. The van der Waals surface area contributed by atoms with Crippen LogP contribution in [-0.4, -0.2) is 16.7 Å². The van der Waals surface area contributed by atoms with Gasteiger partial charge in [-0.3, -0.25) is 4.98 Å². The molecule has 2 heteroatoms. The molecular weight excluding hydrogens is 138 g/mol. The second-order valence-corrected chi connectivity index (χ2v) is 2.38. The third-order valence-electron chi connectivity index (χ3n) is 1.31. The van der Waals surface area contributed by atoms with Gasteiger partial charge in [0.15, 0.2) is 0 Å². The predicted octanol–water partition coefficient (Wildman–Crippen LogP) is 1.40. The van der Waals surface area contributed by atoms with Crippen molar-refractivity contribution in [3.63, 3.8) is 0 Å². The van der Waals surface area contributed by atoms with Crippen molar-refractivity contribution < 1.29 is 5.11 Å². The summed E-state index contributed by atoms with van der Waals surface area (Å²) in [7, 11) is 0. The maximum Gasteiger partial charge on any atom is 0.0615 e. The van der Waals surface area contributed by atoms with E-state index in [9.17, 15) is 0 Å². The first-order chi connectivity index (χ1) is 5.33. The monoisotopic (exact) mass is 149 g/mol. The van der Waals surface area contributed by atoms with Crippen LogP contribution in [0, 0.1) is 6.92 Å². The Labute approximate surface area is 66.2 Å². The zero-order chi connectivity index (χ0) is 8.10. The highest BCUT2D eigenvalue weighted by atomic mass is 16.2. The summed E-state index contributed by atoms with van der Waals surface area (Å²) in [5, 5.41) is 8.49. The molecule has 1 N–H and O–H groups in total. The summed E-state index contributed by atoms with van der Waals surface area (Å²) >= 11 is 0. The molecule has 0 aromatic carbocycles. The summed E-state index contributed by atoms with van der Waals surface area (Å²) in [5.41, 5.74) is 2.16. The molecule has 1 aromatic rings. The molecule has 0 fully saturated rings. The number of hydrogen-bond donors (Lipinski definition) is 1. The summed E-state index contributed by atoms with van der Waals surface area (Å²) in [5.74, 6) is 0. The highest BCUT2D eigenvalue weighted by Crippen LogP contribution is 2.02. The van der Waals surface area contributed by atoms with E-state index >= 15 is 0 Å². The molecule has 0 amide bonds. The molecule has 0 aliphatic rings. The SMILES string of the molecule is Cc1cncc(C=CCO)c1. The van der Waals surface area contributed by atoms with Crippen molar-refractivity contribution >= 4 is 6.08 Å². The zero-order valence-electron chi connectivity index (χ0n) is 6.49. The lowest BCUT2D eigenvalue weighted by molar-refractivity contribution is 0.343. The lowest BCUT2D eigenvalue weighted by Crippen LogP contribution is -1.79. The molecule has 0 aliphatic carbocycles. The van der Waals surface area contributed by atoms with Crippen molar-refractivity contribution in [2.75, 3.05) is 6.61 Å².